The summed E-state index contributed by atoms with van der Waals surface area (Å²) in [6.07, 6.45) is 1.86. The van der Waals surface area contributed by atoms with E-state index in [1.54, 1.807) is 0 Å². The van der Waals surface area contributed by atoms with E-state index in [0.717, 1.165) is 56.3 Å². The van der Waals surface area contributed by atoms with Crippen LogP contribution in [0.4, 0.5) is 4.79 Å². The summed E-state index contributed by atoms with van der Waals surface area (Å²) in [7, 11) is 0. The molecule has 1 saturated heterocycles. The van der Waals surface area contributed by atoms with Gasteiger partial charge in [0.1, 0.15) is 0 Å². The molecule has 1 aliphatic carbocycles. The lowest BCUT2D eigenvalue weighted by Crippen LogP contribution is -2.38. The summed E-state index contributed by atoms with van der Waals surface area (Å²) in [5.74, 6) is 0. The third kappa shape index (κ3) is 4.66. The van der Waals surface area contributed by atoms with Gasteiger partial charge in [-0.1, -0.05) is 41.9 Å². The third-order valence-corrected chi connectivity index (χ3v) is 5.78. The van der Waals surface area contributed by atoms with Crippen LogP contribution in [0.5, 0.6) is 0 Å². The topological polar surface area (TPSA) is 53.6 Å². The Morgan fingerprint density at radius 2 is 1.93 bits per heavy atom. The van der Waals surface area contributed by atoms with Crippen LogP contribution in [0.15, 0.2) is 42.5 Å². The van der Waals surface area contributed by atoms with Gasteiger partial charge in [-0.25, -0.2) is 4.79 Å². The number of hydrogen-bond acceptors (Lipinski definition) is 3. The van der Waals surface area contributed by atoms with E-state index >= 15 is 0 Å². The van der Waals surface area contributed by atoms with E-state index in [2.05, 4.69) is 33.7 Å². The number of morpholine rings is 1. The molecule has 5 nitrogen and oxygen atoms in total. The van der Waals surface area contributed by atoms with E-state index < -0.39 is 0 Å². The number of aryl methyl sites for hydroxylation is 1. The predicted octanol–water partition coefficient (Wildman–Crippen LogP) is 3.66. The van der Waals surface area contributed by atoms with Gasteiger partial charge in [0.25, 0.3) is 0 Å². The van der Waals surface area contributed by atoms with Gasteiger partial charge < -0.3 is 15.4 Å². The summed E-state index contributed by atoms with van der Waals surface area (Å²) in [6.45, 7) is 4.89. The summed E-state index contributed by atoms with van der Waals surface area (Å²) in [5.41, 5.74) is 4.81. The quantitative estimate of drug-likeness (QED) is 0.806. The first-order valence-electron chi connectivity index (χ1n) is 9.88. The van der Waals surface area contributed by atoms with E-state index in [0.29, 0.717) is 6.54 Å². The van der Waals surface area contributed by atoms with Gasteiger partial charge in [-0.15, -0.1) is 0 Å². The number of fused-ring (bicyclic) bond motifs is 1. The maximum absolute atomic E-state index is 12.5. The molecular weight excluding hydrogens is 374 g/mol. The van der Waals surface area contributed by atoms with Crippen LogP contribution in [0.1, 0.15) is 34.7 Å². The zero-order chi connectivity index (χ0) is 19.3. The Kier molecular flexibility index (Phi) is 6.15. The standard InChI is InChI=1S/C22H26ClN3O2/c23-19-6-7-20-16(13-19)5-8-21(20)25-22(27)24-14-17-3-1-2-4-18(17)15-26-9-11-28-12-10-26/h1-4,6-7,13,21H,5,8-12,14-15H2,(H2,24,25,27). The molecule has 6 heteroatoms. The molecule has 0 bridgehead atoms. The smallest absolute Gasteiger partial charge is 0.315 e. The molecule has 1 heterocycles. The molecule has 2 N–H and O–H groups in total. The maximum Gasteiger partial charge on any atom is 0.315 e. The minimum Gasteiger partial charge on any atom is -0.379 e. The molecule has 2 aromatic rings. The van der Waals surface area contributed by atoms with Crippen LogP contribution >= 0.6 is 11.6 Å². The highest BCUT2D eigenvalue weighted by atomic mass is 35.5. The summed E-state index contributed by atoms with van der Waals surface area (Å²) < 4.78 is 5.43. The number of carbonyl (C=O) groups excluding carboxylic acids is 1. The Hall–Kier alpha value is -2.08. The highest BCUT2D eigenvalue weighted by molar-refractivity contribution is 6.30. The van der Waals surface area contributed by atoms with Crippen LogP contribution in [-0.4, -0.2) is 37.2 Å². The van der Waals surface area contributed by atoms with E-state index in [4.69, 9.17) is 16.3 Å². The van der Waals surface area contributed by atoms with Crippen molar-refractivity contribution < 1.29 is 9.53 Å². The van der Waals surface area contributed by atoms with Gasteiger partial charge >= 0.3 is 6.03 Å². The van der Waals surface area contributed by atoms with Gasteiger partial charge in [0.2, 0.25) is 0 Å². The number of benzene rings is 2. The molecule has 1 aliphatic heterocycles. The molecule has 28 heavy (non-hydrogen) atoms. The summed E-state index contributed by atoms with van der Waals surface area (Å²) >= 11 is 6.07. The van der Waals surface area contributed by atoms with Crippen molar-refractivity contribution in [2.24, 2.45) is 0 Å². The maximum atomic E-state index is 12.5. The van der Waals surface area contributed by atoms with Crippen molar-refractivity contribution >= 4 is 17.6 Å². The molecule has 1 fully saturated rings. The first-order valence-corrected chi connectivity index (χ1v) is 10.3. The number of rotatable bonds is 5. The predicted molar refractivity (Wildman–Crippen MR) is 110 cm³/mol. The molecule has 2 aromatic carbocycles. The first kappa shape index (κ1) is 19.2. The van der Waals surface area contributed by atoms with Crippen molar-refractivity contribution in [1.82, 2.24) is 15.5 Å². The van der Waals surface area contributed by atoms with E-state index in [1.165, 1.54) is 16.7 Å². The van der Waals surface area contributed by atoms with Gasteiger partial charge in [0, 0.05) is 31.2 Å². The Morgan fingerprint density at radius 1 is 1.14 bits per heavy atom. The third-order valence-electron chi connectivity index (χ3n) is 5.54. The van der Waals surface area contributed by atoms with Gasteiger partial charge in [-0.2, -0.15) is 0 Å². The molecule has 0 saturated carbocycles. The van der Waals surface area contributed by atoms with Crippen molar-refractivity contribution in [3.8, 4) is 0 Å². The Balaban J connectivity index is 1.33. The van der Waals surface area contributed by atoms with Crippen LogP contribution in [-0.2, 0) is 24.2 Å². The average Bonchev–Trinajstić information content (AvgIpc) is 3.10. The lowest BCUT2D eigenvalue weighted by atomic mass is 10.1. The van der Waals surface area contributed by atoms with Crippen LogP contribution < -0.4 is 10.6 Å². The lowest BCUT2D eigenvalue weighted by Gasteiger charge is -2.27. The molecule has 148 valence electrons. The van der Waals surface area contributed by atoms with Crippen LogP contribution in [0.25, 0.3) is 0 Å². The second-order valence-corrected chi connectivity index (χ2v) is 7.86. The number of urea groups is 1. The van der Waals surface area contributed by atoms with Crippen LogP contribution in [0, 0.1) is 0 Å². The minimum atomic E-state index is -0.131. The summed E-state index contributed by atoms with van der Waals surface area (Å²) in [6, 6.07) is 14.1. The number of nitrogens with one attached hydrogen (secondary N) is 2. The molecule has 4 rings (SSSR count). The molecule has 0 radical (unpaired) electrons. The fourth-order valence-electron chi connectivity index (χ4n) is 4.01. The van der Waals surface area contributed by atoms with E-state index in [1.807, 2.05) is 24.3 Å². The van der Waals surface area contributed by atoms with Gasteiger partial charge in [0.05, 0.1) is 19.3 Å². The van der Waals surface area contributed by atoms with Gasteiger partial charge in [-0.05, 0) is 47.2 Å². The zero-order valence-electron chi connectivity index (χ0n) is 15.9. The fourth-order valence-corrected chi connectivity index (χ4v) is 4.20. The van der Waals surface area contributed by atoms with Crippen molar-refractivity contribution in [3.63, 3.8) is 0 Å². The van der Waals surface area contributed by atoms with Crippen LogP contribution in [0.3, 0.4) is 0 Å². The molecule has 1 atom stereocenters. The fraction of sp³-hybridized carbons (Fsp3) is 0.409. The number of nitrogens with zero attached hydrogens (tertiary/aromatic N) is 1. The summed E-state index contributed by atoms with van der Waals surface area (Å²) in [5, 5.41) is 6.88. The second kappa shape index (κ2) is 8.95. The van der Waals surface area contributed by atoms with Gasteiger partial charge in [-0.3, -0.25) is 4.90 Å². The van der Waals surface area contributed by atoms with E-state index in [-0.39, 0.29) is 12.1 Å². The molecule has 0 aromatic heterocycles. The van der Waals surface area contributed by atoms with Gasteiger partial charge in [0.15, 0.2) is 0 Å². The Labute approximate surface area is 171 Å². The SMILES string of the molecule is O=C(NCc1ccccc1CN1CCOCC1)NC1CCc2cc(Cl)ccc21. The first-order chi connectivity index (χ1) is 13.7. The van der Waals surface area contributed by atoms with Crippen molar-refractivity contribution in [3.05, 3.63) is 69.7 Å². The summed E-state index contributed by atoms with van der Waals surface area (Å²) in [4.78, 5) is 14.9. The average molecular weight is 400 g/mol. The number of ether oxygens (including phenoxy) is 1. The molecule has 2 amide bonds. The van der Waals surface area contributed by atoms with E-state index in [9.17, 15) is 4.79 Å². The molecule has 1 unspecified atom stereocenters. The highest BCUT2D eigenvalue weighted by Gasteiger charge is 2.24. The van der Waals surface area contributed by atoms with Crippen molar-refractivity contribution in [2.45, 2.75) is 32.0 Å². The minimum absolute atomic E-state index is 0.0517. The van der Waals surface area contributed by atoms with Crippen molar-refractivity contribution in [2.75, 3.05) is 26.3 Å². The van der Waals surface area contributed by atoms with Crippen molar-refractivity contribution in [1.29, 1.82) is 0 Å². The number of carbonyl (C=O) groups is 1. The zero-order valence-corrected chi connectivity index (χ0v) is 16.7. The Morgan fingerprint density at radius 3 is 2.75 bits per heavy atom. The molecule has 2 aliphatic rings. The van der Waals surface area contributed by atoms with Crippen LogP contribution in [0.2, 0.25) is 5.02 Å². The number of hydrogen-bond donors (Lipinski definition) is 2. The molecular formula is C22H26ClN3O2. The second-order valence-electron chi connectivity index (χ2n) is 7.42. The number of halogens is 1. The highest BCUT2D eigenvalue weighted by Crippen LogP contribution is 2.32. The lowest BCUT2D eigenvalue weighted by molar-refractivity contribution is 0.0341. The largest absolute Gasteiger partial charge is 0.379 e. The normalized spacial score (nSPS) is 19.2. The number of amides is 2. The Bertz CT molecular complexity index is 836. The molecule has 0 spiro atoms. The monoisotopic (exact) mass is 399 g/mol.